The zero-order valence-electron chi connectivity index (χ0n) is 6.37. The molecule has 0 aliphatic heterocycles. The molecule has 64 valence electrons. The van der Waals surface area contributed by atoms with Crippen molar-refractivity contribution in [2.75, 3.05) is 0 Å². The van der Waals surface area contributed by atoms with E-state index in [1.807, 2.05) is 13.8 Å². The first-order valence-corrected chi connectivity index (χ1v) is 3.22. The Bertz CT molecular complexity index is 83.8. The van der Waals surface area contributed by atoms with Crippen molar-refractivity contribution in [1.29, 1.82) is 0 Å². The van der Waals surface area contributed by atoms with Gasteiger partial charge in [0, 0.05) is 0 Å². The molecule has 0 saturated carbocycles. The van der Waals surface area contributed by atoms with Crippen molar-refractivity contribution in [3.8, 4) is 0 Å². The lowest BCUT2D eigenvalue weighted by molar-refractivity contribution is -0.0984. The molecule has 0 aromatic rings. The van der Waals surface area contributed by atoms with E-state index in [4.69, 9.17) is 15.9 Å². The van der Waals surface area contributed by atoms with Crippen LogP contribution in [0.2, 0.25) is 0 Å². The highest BCUT2D eigenvalue weighted by atomic mass is 79.9. The van der Waals surface area contributed by atoms with Crippen LogP contribution in [-0.4, -0.2) is 22.0 Å². The van der Waals surface area contributed by atoms with Gasteiger partial charge in [-0.05, 0) is 12.8 Å². The number of hydrogen-bond donors (Lipinski definition) is 3. The van der Waals surface area contributed by atoms with Crippen molar-refractivity contribution in [3.63, 3.8) is 0 Å². The van der Waals surface area contributed by atoms with Crippen LogP contribution in [0.25, 0.3) is 0 Å². The Labute approximate surface area is 72.0 Å². The SMILES string of the molecule is Br.CCC(N)(CC)C(O)O. The van der Waals surface area contributed by atoms with Crippen LogP contribution in [0.15, 0.2) is 0 Å². The molecule has 0 aromatic carbocycles. The normalized spacial score (nSPS) is 11.4. The van der Waals surface area contributed by atoms with Crippen LogP contribution in [0.4, 0.5) is 0 Å². The first kappa shape index (κ1) is 13.0. The third-order valence-electron chi connectivity index (χ3n) is 1.83. The van der Waals surface area contributed by atoms with Crippen LogP contribution >= 0.6 is 17.0 Å². The molecule has 0 fully saturated rings. The van der Waals surface area contributed by atoms with Gasteiger partial charge in [0.2, 0.25) is 0 Å². The molecule has 0 rings (SSSR count). The van der Waals surface area contributed by atoms with Crippen LogP contribution < -0.4 is 5.73 Å². The Morgan fingerprint density at radius 2 is 1.60 bits per heavy atom. The Morgan fingerprint density at radius 3 is 1.60 bits per heavy atom. The van der Waals surface area contributed by atoms with E-state index < -0.39 is 11.8 Å². The van der Waals surface area contributed by atoms with Crippen LogP contribution in [0.3, 0.4) is 0 Å². The molecule has 0 aliphatic rings. The second-order valence-corrected chi connectivity index (χ2v) is 2.31. The molecule has 0 radical (unpaired) electrons. The molecule has 0 bridgehead atoms. The summed E-state index contributed by atoms with van der Waals surface area (Å²) in [6.45, 7) is 3.67. The summed E-state index contributed by atoms with van der Waals surface area (Å²) in [4.78, 5) is 0. The predicted molar refractivity (Wildman–Crippen MR) is 46.0 cm³/mol. The average Bonchev–Trinajstić information content (AvgIpc) is 1.86. The van der Waals surface area contributed by atoms with Crippen molar-refractivity contribution in [2.24, 2.45) is 5.73 Å². The van der Waals surface area contributed by atoms with E-state index in [1.54, 1.807) is 0 Å². The van der Waals surface area contributed by atoms with Crippen molar-refractivity contribution < 1.29 is 10.2 Å². The zero-order chi connectivity index (χ0) is 7.49. The molecule has 0 spiro atoms. The topological polar surface area (TPSA) is 66.5 Å². The van der Waals surface area contributed by atoms with E-state index in [0.717, 1.165) is 0 Å². The highest BCUT2D eigenvalue weighted by Crippen LogP contribution is 2.13. The number of hydrogen-bond acceptors (Lipinski definition) is 3. The second kappa shape index (κ2) is 5.07. The lowest BCUT2D eigenvalue weighted by Crippen LogP contribution is -2.49. The largest absolute Gasteiger partial charge is 0.367 e. The predicted octanol–water partition coefficient (Wildman–Crippen LogP) is 0.392. The van der Waals surface area contributed by atoms with Crippen LogP contribution in [0, 0.1) is 0 Å². The molecule has 0 aliphatic carbocycles. The van der Waals surface area contributed by atoms with Gasteiger partial charge in [0.15, 0.2) is 6.29 Å². The first-order valence-electron chi connectivity index (χ1n) is 3.22. The molecule has 3 nitrogen and oxygen atoms in total. The molecule has 0 unspecified atom stereocenters. The molecule has 0 heterocycles. The van der Waals surface area contributed by atoms with Crippen molar-refractivity contribution >= 4 is 17.0 Å². The molecule has 0 atom stereocenters. The van der Waals surface area contributed by atoms with E-state index >= 15 is 0 Å². The molecule has 4 N–H and O–H groups in total. The Morgan fingerprint density at radius 1 is 1.30 bits per heavy atom. The molecule has 10 heavy (non-hydrogen) atoms. The van der Waals surface area contributed by atoms with E-state index in [-0.39, 0.29) is 17.0 Å². The summed E-state index contributed by atoms with van der Waals surface area (Å²) in [6.07, 6.45) is -0.227. The molecule has 0 amide bonds. The van der Waals surface area contributed by atoms with Gasteiger partial charge in [-0.2, -0.15) is 0 Å². The lowest BCUT2D eigenvalue weighted by atomic mass is 9.94. The monoisotopic (exact) mass is 213 g/mol. The second-order valence-electron chi connectivity index (χ2n) is 2.31. The van der Waals surface area contributed by atoms with E-state index in [9.17, 15) is 0 Å². The fraction of sp³-hybridized carbons (Fsp3) is 1.00. The van der Waals surface area contributed by atoms with Crippen molar-refractivity contribution in [3.05, 3.63) is 0 Å². The maximum absolute atomic E-state index is 8.70. The summed E-state index contributed by atoms with van der Waals surface area (Å²) in [5, 5.41) is 17.4. The van der Waals surface area contributed by atoms with Gasteiger partial charge in [-0.3, -0.25) is 0 Å². The minimum Gasteiger partial charge on any atom is -0.367 e. The quantitative estimate of drug-likeness (QED) is 0.595. The summed E-state index contributed by atoms with van der Waals surface area (Å²) in [6, 6.07) is 0. The van der Waals surface area contributed by atoms with Crippen LogP contribution in [0.1, 0.15) is 26.7 Å². The highest BCUT2D eigenvalue weighted by Gasteiger charge is 2.27. The maximum atomic E-state index is 8.70. The third kappa shape index (κ3) is 2.96. The van der Waals surface area contributed by atoms with E-state index in [0.29, 0.717) is 12.8 Å². The average molecular weight is 214 g/mol. The van der Waals surface area contributed by atoms with Gasteiger partial charge in [-0.15, -0.1) is 17.0 Å². The summed E-state index contributed by atoms with van der Waals surface area (Å²) in [7, 11) is 0. The Balaban J connectivity index is 0. The Kier molecular flexibility index (Phi) is 6.58. The molecule has 4 heteroatoms. The fourth-order valence-corrected chi connectivity index (χ4v) is 0.615. The number of halogens is 1. The lowest BCUT2D eigenvalue weighted by Gasteiger charge is -2.28. The summed E-state index contributed by atoms with van der Waals surface area (Å²) >= 11 is 0. The minimum atomic E-state index is -1.40. The first-order chi connectivity index (χ1) is 4.06. The zero-order valence-corrected chi connectivity index (χ0v) is 8.08. The van der Waals surface area contributed by atoms with Gasteiger partial charge < -0.3 is 15.9 Å². The number of rotatable bonds is 3. The number of aliphatic hydroxyl groups is 2. The summed E-state index contributed by atoms with van der Waals surface area (Å²) in [5.41, 5.74) is 4.73. The standard InChI is InChI=1S/C6H15NO2.BrH/c1-3-6(7,4-2)5(8)9;/h5,8-9H,3-4,7H2,1-2H3;1H. The van der Waals surface area contributed by atoms with E-state index in [2.05, 4.69) is 0 Å². The van der Waals surface area contributed by atoms with Crippen molar-refractivity contribution in [2.45, 2.75) is 38.5 Å². The molecular weight excluding hydrogens is 198 g/mol. The van der Waals surface area contributed by atoms with Gasteiger partial charge in [-0.1, -0.05) is 13.8 Å². The molecule has 0 aromatic heterocycles. The van der Waals surface area contributed by atoms with Gasteiger partial charge in [-0.25, -0.2) is 0 Å². The van der Waals surface area contributed by atoms with Gasteiger partial charge in [0.05, 0.1) is 5.54 Å². The number of nitrogens with two attached hydrogens (primary N) is 1. The van der Waals surface area contributed by atoms with Gasteiger partial charge in [0.25, 0.3) is 0 Å². The molecular formula is C6H16BrNO2. The Hall–Kier alpha value is 0.360. The van der Waals surface area contributed by atoms with Crippen LogP contribution in [0.5, 0.6) is 0 Å². The number of aliphatic hydroxyl groups excluding tert-OH is 1. The van der Waals surface area contributed by atoms with Gasteiger partial charge >= 0.3 is 0 Å². The minimum absolute atomic E-state index is 0. The summed E-state index contributed by atoms with van der Waals surface area (Å²) < 4.78 is 0. The maximum Gasteiger partial charge on any atom is 0.169 e. The van der Waals surface area contributed by atoms with Crippen molar-refractivity contribution in [1.82, 2.24) is 0 Å². The third-order valence-corrected chi connectivity index (χ3v) is 1.83. The highest BCUT2D eigenvalue weighted by molar-refractivity contribution is 8.93. The van der Waals surface area contributed by atoms with E-state index in [1.165, 1.54) is 0 Å². The smallest absolute Gasteiger partial charge is 0.169 e. The van der Waals surface area contributed by atoms with Crippen LogP contribution in [-0.2, 0) is 0 Å². The summed E-state index contributed by atoms with van der Waals surface area (Å²) in [5.74, 6) is 0. The van der Waals surface area contributed by atoms with Gasteiger partial charge in [0.1, 0.15) is 0 Å². The molecule has 0 saturated heterocycles. The fourth-order valence-electron chi connectivity index (χ4n) is 0.615.